The van der Waals surface area contributed by atoms with Gasteiger partial charge in [0.1, 0.15) is 0 Å². The van der Waals surface area contributed by atoms with Crippen molar-refractivity contribution in [3.63, 3.8) is 0 Å². The smallest absolute Gasteiger partial charge is 0.337 e. The number of pyridine rings is 1. The molecule has 2 aromatic heterocycles. The molecule has 0 aliphatic carbocycles. The van der Waals surface area contributed by atoms with Gasteiger partial charge < -0.3 is 19.5 Å². The van der Waals surface area contributed by atoms with Crippen molar-refractivity contribution >= 4 is 29.0 Å². The molecule has 2 aromatic carbocycles. The zero-order valence-corrected chi connectivity index (χ0v) is 20.6. The van der Waals surface area contributed by atoms with Crippen molar-refractivity contribution in [3.05, 3.63) is 113 Å². The van der Waals surface area contributed by atoms with E-state index in [2.05, 4.69) is 51.8 Å². The summed E-state index contributed by atoms with van der Waals surface area (Å²) in [5, 5.41) is 4.19. The van der Waals surface area contributed by atoms with Gasteiger partial charge in [0.25, 0.3) is 0 Å². The molecule has 0 bridgehead atoms. The molecule has 35 heavy (non-hydrogen) atoms. The van der Waals surface area contributed by atoms with Crippen LogP contribution in [0.25, 0.3) is 5.69 Å². The maximum absolute atomic E-state index is 11.9. The number of rotatable bonds is 5. The number of hydrogen-bond donors (Lipinski definition) is 1. The van der Waals surface area contributed by atoms with Crippen molar-refractivity contribution in [2.75, 3.05) is 12.0 Å². The first-order chi connectivity index (χ1) is 17.0. The van der Waals surface area contributed by atoms with Gasteiger partial charge in [-0.2, -0.15) is 0 Å². The Kier molecular flexibility index (Phi) is 6.09. The van der Waals surface area contributed by atoms with Gasteiger partial charge in [0.15, 0.2) is 5.11 Å². The number of ether oxygens (including phenoxy) is 1. The Morgan fingerprint density at radius 2 is 1.69 bits per heavy atom. The normalized spacial score (nSPS) is 17.3. The number of aryl methyl sites for hydroxylation is 1. The van der Waals surface area contributed by atoms with Gasteiger partial charge in [0.05, 0.1) is 30.5 Å². The third-order valence-electron chi connectivity index (χ3n) is 6.47. The minimum absolute atomic E-state index is 0.0888. The lowest BCUT2D eigenvalue weighted by atomic mass is 9.96. The van der Waals surface area contributed by atoms with Crippen LogP contribution in [0.15, 0.2) is 85.1 Å². The Morgan fingerprint density at radius 3 is 2.34 bits per heavy atom. The van der Waals surface area contributed by atoms with Gasteiger partial charge in [-0.25, -0.2) is 4.79 Å². The van der Waals surface area contributed by atoms with Gasteiger partial charge in [-0.3, -0.25) is 4.98 Å². The lowest BCUT2D eigenvalue weighted by molar-refractivity contribution is 0.0600. The van der Waals surface area contributed by atoms with Crippen molar-refractivity contribution in [3.8, 4) is 5.69 Å². The van der Waals surface area contributed by atoms with Crippen molar-refractivity contribution < 1.29 is 9.53 Å². The van der Waals surface area contributed by atoms with Crippen LogP contribution in [0, 0.1) is 13.8 Å². The number of carbonyl (C=O) groups excluding carboxylic acids is 1. The lowest BCUT2D eigenvalue weighted by Crippen LogP contribution is -2.29. The zero-order valence-electron chi connectivity index (χ0n) is 19.8. The van der Waals surface area contributed by atoms with E-state index in [0.29, 0.717) is 10.7 Å². The molecular formula is C28H26N4O2S. The Morgan fingerprint density at radius 1 is 0.971 bits per heavy atom. The number of nitrogens with zero attached hydrogens (tertiary/aromatic N) is 3. The molecule has 5 rings (SSSR count). The predicted molar refractivity (Wildman–Crippen MR) is 141 cm³/mol. The molecule has 0 amide bonds. The van der Waals surface area contributed by atoms with E-state index in [1.807, 2.05) is 54.7 Å². The number of benzene rings is 2. The highest BCUT2D eigenvalue weighted by Crippen LogP contribution is 2.43. The molecule has 1 fully saturated rings. The molecule has 3 heterocycles. The molecule has 1 aliphatic rings. The molecule has 4 aromatic rings. The number of esters is 1. The van der Waals surface area contributed by atoms with E-state index in [4.69, 9.17) is 17.0 Å². The Labute approximate surface area is 210 Å². The van der Waals surface area contributed by atoms with E-state index in [-0.39, 0.29) is 18.1 Å². The van der Waals surface area contributed by atoms with Crippen LogP contribution in [-0.4, -0.2) is 27.7 Å². The van der Waals surface area contributed by atoms with Crippen molar-refractivity contribution in [2.45, 2.75) is 25.9 Å². The minimum atomic E-state index is -0.347. The number of nitrogens with one attached hydrogen (secondary N) is 1. The van der Waals surface area contributed by atoms with Gasteiger partial charge in [-0.05, 0) is 86.2 Å². The Hall–Kier alpha value is -3.97. The molecule has 0 saturated carbocycles. The summed E-state index contributed by atoms with van der Waals surface area (Å²) >= 11 is 5.84. The van der Waals surface area contributed by atoms with Gasteiger partial charge in [-0.1, -0.05) is 24.3 Å². The van der Waals surface area contributed by atoms with Crippen LogP contribution in [0.3, 0.4) is 0 Å². The van der Waals surface area contributed by atoms with Crippen molar-refractivity contribution in [1.82, 2.24) is 14.9 Å². The number of thiocarbonyl (C=S) groups is 1. The first-order valence-electron chi connectivity index (χ1n) is 11.4. The highest BCUT2D eigenvalue weighted by Gasteiger charge is 2.42. The molecule has 1 aliphatic heterocycles. The molecule has 1 saturated heterocycles. The number of anilines is 1. The van der Waals surface area contributed by atoms with Crippen LogP contribution in [0.1, 0.15) is 45.1 Å². The largest absolute Gasteiger partial charge is 0.465 e. The second kappa shape index (κ2) is 9.35. The third kappa shape index (κ3) is 4.08. The molecule has 6 nitrogen and oxygen atoms in total. The summed E-state index contributed by atoms with van der Waals surface area (Å²) in [5.74, 6) is -0.347. The molecule has 1 N–H and O–H groups in total. The summed E-state index contributed by atoms with van der Waals surface area (Å²) in [6.45, 7) is 4.21. The van der Waals surface area contributed by atoms with E-state index >= 15 is 0 Å². The van der Waals surface area contributed by atoms with Crippen LogP contribution < -0.4 is 10.2 Å². The average Bonchev–Trinajstić information content (AvgIpc) is 3.39. The summed E-state index contributed by atoms with van der Waals surface area (Å²) in [5.41, 5.74) is 6.82. The van der Waals surface area contributed by atoms with E-state index in [0.717, 1.165) is 34.0 Å². The maximum atomic E-state index is 11.9. The molecule has 176 valence electrons. The predicted octanol–water partition coefficient (Wildman–Crippen LogP) is 5.45. The van der Waals surface area contributed by atoms with Crippen molar-refractivity contribution in [2.24, 2.45) is 0 Å². The highest BCUT2D eigenvalue weighted by molar-refractivity contribution is 7.80. The average molecular weight is 483 g/mol. The fourth-order valence-corrected chi connectivity index (χ4v) is 5.23. The van der Waals surface area contributed by atoms with Crippen LogP contribution >= 0.6 is 12.2 Å². The summed E-state index contributed by atoms with van der Waals surface area (Å²) < 4.78 is 7.05. The Bertz CT molecular complexity index is 1370. The number of para-hydroxylation sites is 1. The third-order valence-corrected chi connectivity index (χ3v) is 6.78. The maximum Gasteiger partial charge on any atom is 0.337 e. The summed E-state index contributed by atoms with van der Waals surface area (Å²) in [4.78, 5) is 18.7. The quantitative estimate of drug-likeness (QED) is 0.301. The van der Waals surface area contributed by atoms with Crippen LogP contribution in [0.5, 0.6) is 0 Å². The van der Waals surface area contributed by atoms with Crippen LogP contribution in [-0.2, 0) is 4.74 Å². The second-order valence-electron chi connectivity index (χ2n) is 8.53. The second-order valence-corrected chi connectivity index (χ2v) is 8.92. The van der Waals surface area contributed by atoms with Gasteiger partial charge in [0.2, 0.25) is 0 Å². The number of aromatic nitrogens is 2. The fourth-order valence-electron chi connectivity index (χ4n) is 4.89. The molecular weight excluding hydrogens is 456 g/mol. The Balaban J connectivity index is 1.62. The summed E-state index contributed by atoms with van der Waals surface area (Å²) in [6.07, 6.45) is 1.81. The number of hydrogen-bond acceptors (Lipinski definition) is 4. The molecule has 7 heteroatoms. The fraction of sp³-hybridized carbons (Fsp3) is 0.179. The number of carbonyl (C=O) groups is 1. The summed E-state index contributed by atoms with van der Waals surface area (Å²) in [6, 6.07) is 25.6. The topological polar surface area (TPSA) is 59.4 Å². The number of methoxy groups -OCH3 is 1. The SMILES string of the molecule is COC(=O)c1ccc(-n2c(C)cc([C@@H]3[C@H](c4ccccn4)NC(=S)N3c3ccccc3)c2C)cc1. The van der Waals surface area contributed by atoms with Gasteiger partial charge in [0, 0.05) is 29.0 Å². The standard InChI is InChI=1S/C28H26N4O2S/c1-18-17-23(19(2)31(18)22-14-12-20(13-15-22)27(33)34-3)26-25(24-11-7-8-16-29-24)30-28(35)32(26)21-9-5-4-6-10-21/h4-17,25-26H,1-3H3,(H,30,35)/t25-,26+/m0/s1. The minimum Gasteiger partial charge on any atom is -0.465 e. The highest BCUT2D eigenvalue weighted by atomic mass is 32.1. The van der Waals surface area contributed by atoms with Crippen molar-refractivity contribution in [1.29, 1.82) is 0 Å². The molecule has 0 unspecified atom stereocenters. The molecule has 2 atom stereocenters. The summed E-state index contributed by atoms with van der Waals surface area (Å²) in [7, 11) is 1.39. The molecule has 0 radical (unpaired) electrons. The van der Waals surface area contributed by atoms with Crippen LogP contribution in [0.2, 0.25) is 0 Å². The van der Waals surface area contributed by atoms with E-state index in [1.165, 1.54) is 7.11 Å². The first-order valence-corrected chi connectivity index (χ1v) is 11.8. The van der Waals surface area contributed by atoms with Crippen LogP contribution in [0.4, 0.5) is 5.69 Å². The van der Waals surface area contributed by atoms with E-state index < -0.39 is 0 Å². The van der Waals surface area contributed by atoms with Gasteiger partial charge in [-0.15, -0.1) is 0 Å². The zero-order chi connectivity index (χ0) is 24.5. The molecule has 0 spiro atoms. The van der Waals surface area contributed by atoms with E-state index in [9.17, 15) is 4.79 Å². The monoisotopic (exact) mass is 482 g/mol. The van der Waals surface area contributed by atoms with E-state index in [1.54, 1.807) is 12.1 Å². The first kappa shape index (κ1) is 22.8. The van der Waals surface area contributed by atoms with Gasteiger partial charge >= 0.3 is 5.97 Å². The lowest BCUT2D eigenvalue weighted by Gasteiger charge is -2.28.